The molecule has 0 aromatic heterocycles. The van der Waals surface area contributed by atoms with E-state index in [2.05, 4.69) is 62.5 Å². The van der Waals surface area contributed by atoms with E-state index >= 15 is 0 Å². The minimum Gasteiger partial charge on any atom is -0.545 e. The zero-order valence-corrected chi connectivity index (χ0v) is 37.2. The number of hydrogen-bond donors (Lipinski definition) is 0. The lowest BCUT2D eigenvalue weighted by molar-refractivity contribution is -0.870. The first kappa shape index (κ1) is 54.2. The van der Waals surface area contributed by atoms with E-state index in [9.17, 15) is 19.5 Å². The number of carboxylic acid groups (broad SMARTS) is 1. The summed E-state index contributed by atoms with van der Waals surface area (Å²) in [5.41, 5.74) is 0. The minimum absolute atomic E-state index is 0.146. The highest BCUT2D eigenvalue weighted by Gasteiger charge is 2.21. The van der Waals surface area contributed by atoms with Crippen molar-refractivity contribution in [2.45, 2.75) is 193 Å². The third-order valence-corrected chi connectivity index (χ3v) is 9.59. The van der Waals surface area contributed by atoms with Crippen molar-refractivity contribution in [3.63, 3.8) is 0 Å². The summed E-state index contributed by atoms with van der Waals surface area (Å²) in [6, 6.07) is 0. The van der Waals surface area contributed by atoms with Crippen LogP contribution in [-0.2, 0) is 33.3 Å². The molecule has 0 aliphatic rings. The lowest BCUT2D eigenvalue weighted by Gasteiger charge is -2.26. The Morgan fingerprint density at radius 1 is 0.544 bits per heavy atom. The summed E-state index contributed by atoms with van der Waals surface area (Å²) in [6.07, 6.45) is 42.9. The van der Waals surface area contributed by atoms with E-state index in [4.69, 9.17) is 18.9 Å². The fourth-order valence-electron chi connectivity index (χ4n) is 6.05. The Morgan fingerprint density at radius 2 is 1.00 bits per heavy atom. The van der Waals surface area contributed by atoms with Gasteiger partial charge in [-0.2, -0.15) is 0 Å². The summed E-state index contributed by atoms with van der Waals surface area (Å²) < 4.78 is 22.5. The number of carbonyl (C=O) groups excluding carboxylic acids is 3. The molecule has 9 heteroatoms. The summed E-state index contributed by atoms with van der Waals surface area (Å²) in [5.74, 6) is -2.29. The zero-order chi connectivity index (χ0) is 42.1. The first-order valence-corrected chi connectivity index (χ1v) is 22.8. The minimum atomic E-state index is -1.62. The van der Waals surface area contributed by atoms with Crippen LogP contribution in [0.2, 0.25) is 0 Å². The van der Waals surface area contributed by atoms with Gasteiger partial charge in [0, 0.05) is 12.8 Å². The Hall–Kier alpha value is -2.75. The predicted molar refractivity (Wildman–Crippen MR) is 232 cm³/mol. The second kappa shape index (κ2) is 40.0. The van der Waals surface area contributed by atoms with Crippen molar-refractivity contribution in [3.8, 4) is 0 Å². The number of hydrogen-bond acceptors (Lipinski definition) is 8. The van der Waals surface area contributed by atoms with Crippen molar-refractivity contribution < 1.29 is 42.9 Å². The van der Waals surface area contributed by atoms with Crippen molar-refractivity contribution in [3.05, 3.63) is 48.6 Å². The van der Waals surface area contributed by atoms with Crippen molar-refractivity contribution in [2.24, 2.45) is 0 Å². The number of aliphatic carboxylic acids is 1. The summed E-state index contributed by atoms with van der Waals surface area (Å²) in [7, 11) is 5.90. The van der Waals surface area contributed by atoms with Crippen LogP contribution in [0.1, 0.15) is 181 Å². The monoisotopic (exact) mass is 804 g/mol. The maximum Gasteiger partial charge on any atom is 0.306 e. The SMILES string of the molecule is CC/C=C\C/C=C\C/C=C\C/C=C\CCCCCCCCCCCCC(=O)OC(COC(=O)CCCCCCCCCCC)COC(OCC[N+](C)(C)C)C(=O)[O-]. The summed E-state index contributed by atoms with van der Waals surface area (Å²) in [4.78, 5) is 36.9. The highest BCUT2D eigenvalue weighted by Crippen LogP contribution is 2.14. The number of ether oxygens (including phenoxy) is 4. The Morgan fingerprint density at radius 3 is 1.49 bits per heavy atom. The molecule has 0 saturated heterocycles. The van der Waals surface area contributed by atoms with Crippen LogP contribution >= 0.6 is 0 Å². The van der Waals surface area contributed by atoms with Gasteiger partial charge < -0.3 is 33.3 Å². The lowest BCUT2D eigenvalue weighted by Crippen LogP contribution is -2.44. The van der Waals surface area contributed by atoms with Crippen molar-refractivity contribution >= 4 is 17.9 Å². The molecule has 9 nitrogen and oxygen atoms in total. The molecule has 0 fully saturated rings. The standard InChI is InChI=1S/C48H85NO8/c1-6-8-10-12-14-16-17-18-19-20-21-22-23-24-25-26-27-28-29-31-33-35-37-39-46(51)57-44(43-56-48(47(52)53)54-41-40-49(3,4)5)42-55-45(50)38-36-34-32-30-15-13-11-9-7-2/h8,10,14,16,18-19,21-22,44,48H,6-7,9,11-13,15,17,20,23-43H2,1-5H3/b10-8-,16-14-,19-18-,22-21-. The smallest absolute Gasteiger partial charge is 0.306 e. The molecule has 57 heavy (non-hydrogen) atoms. The molecule has 0 aliphatic heterocycles. The molecule has 330 valence electrons. The van der Waals surface area contributed by atoms with E-state index in [0.717, 1.165) is 70.6 Å². The van der Waals surface area contributed by atoms with Crippen LogP contribution < -0.4 is 5.11 Å². The van der Waals surface area contributed by atoms with E-state index in [1.165, 1.54) is 77.0 Å². The molecule has 0 aromatic rings. The number of carboxylic acids is 1. The highest BCUT2D eigenvalue weighted by atomic mass is 16.7. The second-order valence-electron chi connectivity index (χ2n) is 16.3. The first-order chi connectivity index (χ1) is 27.6. The number of allylic oxidation sites excluding steroid dienone is 8. The fraction of sp³-hybridized carbons (Fsp3) is 0.771. The number of likely N-dealkylation sites (N-methyl/N-ethyl adjacent to an activating group) is 1. The molecule has 0 N–H and O–H groups in total. The van der Waals surface area contributed by atoms with Gasteiger partial charge in [0.2, 0.25) is 0 Å². The number of unbranched alkanes of at least 4 members (excludes halogenated alkanes) is 18. The van der Waals surface area contributed by atoms with Gasteiger partial charge in [-0.05, 0) is 51.4 Å². The molecule has 0 rings (SSSR count). The van der Waals surface area contributed by atoms with Gasteiger partial charge >= 0.3 is 11.9 Å². The third kappa shape index (κ3) is 41.2. The van der Waals surface area contributed by atoms with Gasteiger partial charge in [-0.25, -0.2) is 0 Å². The molecule has 0 spiro atoms. The van der Waals surface area contributed by atoms with Crippen LogP contribution in [0.25, 0.3) is 0 Å². The van der Waals surface area contributed by atoms with Crippen LogP contribution in [0.15, 0.2) is 48.6 Å². The maximum absolute atomic E-state index is 12.7. The maximum atomic E-state index is 12.7. The van der Waals surface area contributed by atoms with Gasteiger partial charge in [0.15, 0.2) is 12.4 Å². The van der Waals surface area contributed by atoms with Crippen LogP contribution in [0, 0.1) is 0 Å². The molecule has 2 atom stereocenters. The molecule has 0 radical (unpaired) electrons. The van der Waals surface area contributed by atoms with Gasteiger partial charge in [-0.3, -0.25) is 9.59 Å². The largest absolute Gasteiger partial charge is 0.545 e. The van der Waals surface area contributed by atoms with E-state index in [0.29, 0.717) is 23.9 Å². The number of rotatable bonds is 41. The van der Waals surface area contributed by atoms with Crippen molar-refractivity contribution in [1.82, 2.24) is 0 Å². The Kier molecular flexibility index (Phi) is 38.1. The van der Waals surface area contributed by atoms with Gasteiger partial charge in [0.05, 0.1) is 40.3 Å². The topological polar surface area (TPSA) is 111 Å². The molecular weight excluding hydrogens is 719 g/mol. The van der Waals surface area contributed by atoms with Crippen LogP contribution in [0.4, 0.5) is 0 Å². The van der Waals surface area contributed by atoms with Gasteiger partial charge in [0.1, 0.15) is 13.2 Å². The van der Waals surface area contributed by atoms with Crippen LogP contribution in [0.5, 0.6) is 0 Å². The second-order valence-corrected chi connectivity index (χ2v) is 16.3. The Labute approximate surface area is 349 Å². The molecular formula is C48H85NO8. The Balaban J connectivity index is 4.31. The quantitative estimate of drug-likeness (QED) is 0.0197. The van der Waals surface area contributed by atoms with E-state index in [-0.39, 0.29) is 32.2 Å². The van der Waals surface area contributed by atoms with Gasteiger partial charge in [-0.15, -0.1) is 0 Å². The number of carbonyl (C=O) groups is 3. The molecule has 2 unspecified atom stereocenters. The number of nitrogens with zero attached hydrogens (tertiary/aromatic N) is 1. The molecule has 0 heterocycles. The fourth-order valence-corrected chi connectivity index (χ4v) is 6.05. The number of quaternary nitrogens is 1. The Bertz CT molecular complexity index is 1080. The van der Waals surface area contributed by atoms with Crippen LogP contribution in [-0.4, -0.2) is 82.3 Å². The van der Waals surface area contributed by atoms with Crippen molar-refractivity contribution in [2.75, 3.05) is 47.5 Å². The average Bonchev–Trinajstić information content (AvgIpc) is 3.17. The molecule has 0 amide bonds. The predicted octanol–water partition coefficient (Wildman–Crippen LogP) is 10.7. The van der Waals surface area contributed by atoms with Gasteiger partial charge in [-0.1, -0.05) is 165 Å². The van der Waals surface area contributed by atoms with Gasteiger partial charge in [0.25, 0.3) is 0 Å². The molecule has 0 aromatic carbocycles. The normalized spacial score (nSPS) is 13.4. The summed E-state index contributed by atoms with van der Waals surface area (Å²) in [5, 5.41) is 11.7. The number of esters is 2. The third-order valence-electron chi connectivity index (χ3n) is 9.59. The summed E-state index contributed by atoms with van der Waals surface area (Å²) >= 11 is 0. The molecule has 0 saturated carbocycles. The van der Waals surface area contributed by atoms with E-state index < -0.39 is 24.3 Å². The van der Waals surface area contributed by atoms with E-state index in [1.54, 1.807) is 0 Å². The van der Waals surface area contributed by atoms with Crippen molar-refractivity contribution in [1.29, 1.82) is 0 Å². The highest BCUT2D eigenvalue weighted by molar-refractivity contribution is 5.70. The lowest BCUT2D eigenvalue weighted by atomic mass is 10.0. The summed E-state index contributed by atoms with van der Waals surface area (Å²) in [6.45, 7) is 4.59. The van der Waals surface area contributed by atoms with Crippen LogP contribution in [0.3, 0.4) is 0 Å². The van der Waals surface area contributed by atoms with E-state index in [1.807, 2.05) is 21.1 Å². The zero-order valence-electron chi connectivity index (χ0n) is 37.2. The molecule has 0 bridgehead atoms. The molecule has 0 aliphatic carbocycles. The first-order valence-electron chi connectivity index (χ1n) is 22.8. The average molecular weight is 804 g/mol.